The number of hydrogen-bond donors (Lipinski definition) is 2. The van der Waals surface area contributed by atoms with E-state index in [1.54, 1.807) is 24.5 Å². The highest BCUT2D eigenvalue weighted by Crippen LogP contribution is 2.32. The van der Waals surface area contributed by atoms with Gasteiger partial charge in [-0.05, 0) is 44.4 Å². The van der Waals surface area contributed by atoms with Crippen molar-refractivity contribution in [1.29, 1.82) is 0 Å². The van der Waals surface area contributed by atoms with E-state index < -0.39 is 11.8 Å². The predicted octanol–water partition coefficient (Wildman–Crippen LogP) is 3.08. The Hall–Kier alpha value is -3.06. The maximum Gasteiger partial charge on any atom is 0.335 e. The molecule has 2 heterocycles. The molecule has 0 bridgehead atoms. The van der Waals surface area contributed by atoms with Crippen molar-refractivity contribution in [2.75, 3.05) is 20.6 Å². The molecule has 7 heteroatoms. The molecule has 134 valence electrons. The zero-order valence-electron chi connectivity index (χ0n) is 14.5. The molecule has 0 spiro atoms. The van der Waals surface area contributed by atoms with Gasteiger partial charge in [-0.15, -0.1) is 0 Å². The summed E-state index contributed by atoms with van der Waals surface area (Å²) in [6.45, 7) is 0.778. The monoisotopic (exact) mass is 354 g/mol. The third-order valence-electron chi connectivity index (χ3n) is 3.99. The molecule has 0 aliphatic carbocycles. The van der Waals surface area contributed by atoms with Crippen LogP contribution in [0, 0.1) is 5.82 Å². The van der Waals surface area contributed by atoms with Gasteiger partial charge in [-0.3, -0.25) is 4.98 Å². The molecule has 6 nitrogen and oxygen atoms in total. The first-order valence-electron chi connectivity index (χ1n) is 8.13. The van der Waals surface area contributed by atoms with Gasteiger partial charge >= 0.3 is 5.97 Å². The van der Waals surface area contributed by atoms with Crippen LogP contribution in [-0.2, 0) is 6.42 Å². The third-order valence-corrected chi connectivity index (χ3v) is 3.99. The number of carboxylic acid groups (broad SMARTS) is 1. The Labute approximate surface area is 150 Å². The fourth-order valence-corrected chi connectivity index (χ4v) is 2.63. The second-order valence-corrected chi connectivity index (χ2v) is 6.20. The normalized spacial score (nSPS) is 11.1. The second-order valence-electron chi connectivity index (χ2n) is 6.20. The molecule has 3 aromatic rings. The van der Waals surface area contributed by atoms with Crippen LogP contribution in [0.2, 0.25) is 0 Å². The molecule has 0 aliphatic rings. The number of nitrogens with one attached hydrogen (secondary N) is 1. The van der Waals surface area contributed by atoms with Crippen molar-refractivity contribution in [2.45, 2.75) is 6.42 Å². The minimum absolute atomic E-state index is 0.0199. The van der Waals surface area contributed by atoms with Gasteiger partial charge in [-0.1, -0.05) is 0 Å². The summed E-state index contributed by atoms with van der Waals surface area (Å²) < 4.78 is 14.5. The molecule has 0 aliphatic heterocycles. The fourth-order valence-electron chi connectivity index (χ4n) is 2.63. The molecule has 0 radical (unpaired) electrons. The zero-order valence-corrected chi connectivity index (χ0v) is 14.5. The van der Waals surface area contributed by atoms with Crippen molar-refractivity contribution in [2.24, 2.45) is 0 Å². The van der Waals surface area contributed by atoms with E-state index >= 15 is 0 Å². The minimum atomic E-state index is -1.11. The van der Waals surface area contributed by atoms with E-state index in [4.69, 9.17) is 0 Å². The van der Waals surface area contributed by atoms with E-state index in [9.17, 15) is 14.3 Å². The number of aromatic nitrogens is 3. The number of imidazole rings is 1. The molecule has 2 aromatic heterocycles. The largest absolute Gasteiger partial charge is 0.478 e. The summed E-state index contributed by atoms with van der Waals surface area (Å²) in [7, 11) is 3.92. The third kappa shape index (κ3) is 3.78. The molecule has 0 saturated heterocycles. The summed E-state index contributed by atoms with van der Waals surface area (Å²) in [5.41, 5.74) is 2.02. The molecule has 2 N–H and O–H groups in total. The number of hydrogen-bond acceptors (Lipinski definition) is 4. The van der Waals surface area contributed by atoms with Crippen LogP contribution in [-0.4, -0.2) is 51.6 Å². The number of likely N-dealkylation sites (N-methyl/N-ethyl adjacent to an activating group) is 1. The van der Waals surface area contributed by atoms with Crippen LogP contribution in [0.15, 0.2) is 42.7 Å². The first-order chi connectivity index (χ1) is 12.5. The quantitative estimate of drug-likeness (QED) is 0.711. The Kier molecular flexibility index (Phi) is 5.09. The van der Waals surface area contributed by atoms with Crippen LogP contribution >= 0.6 is 0 Å². The summed E-state index contributed by atoms with van der Waals surface area (Å²) in [6, 6.07) is 7.31. The highest BCUT2D eigenvalue weighted by atomic mass is 19.1. The lowest BCUT2D eigenvalue weighted by Gasteiger charge is -2.07. The summed E-state index contributed by atoms with van der Waals surface area (Å²) in [5.74, 6) is -0.905. The second kappa shape index (κ2) is 7.45. The van der Waals surface area contributed by atoms with Crippen LogP contribution in [0.3, 0.4) is 0 Å². The highest BCUT2D eigenvalue weighted by Gasteiger charge is 2.19. The van der Waals surface area contributed by atoms with E-state index in [0.29, 0.717) is 23.6 Å². The number of nitrogens with zero attached hydrogens (tertiary/aromatic N) is 3. The van der Waals surface area contributed by atoms with Crippen molar-refractivity contribution >= 4 is 5.97 Å². The Balaban J connectivity index is 2.13. The van der Waals surface area contributed by atoms with Gasteiger partial charge in [0, 0.05) is 36.5 Å². The average Bonchev–Trinajstić information content (AvgIpc) is 3.05. The van der Waals surface area contributed by atoms with Crippen molar-refractivity contribution in [3.63, 3.8) is 0 Å². The molecular weight excluding hydrogens is 335 g/mol. The van der Waals surface area contributed by atoms with Crippen molar-refractivity contribution in [3.8, 4) is 22.5 Å². The maximum atomic E-state index is 14.5. The van der Waals surface area contributed by atoms with Gasteiger partial charge in [-0.2, -0.15) is 0 Å². The van der Waals surface area contributed by atoms with Crippen molar-refractivity contribution in [3.05, 3.63) is 59.9 Å². The van der Waals surface area contributed by atoms with E-state index in [-0.39, 0.29) is 11.1 Å². The Morgan fingerprint density at radius 1 is 1.23 bits per heavy atom. The van der Waals surface area contributed by atoms with Gasteiger partial charge in [0.25, 0.3) is 0 Å². The number of rotatable bonds is 6. The van der Waals surface area contributed by atoms with E-state index in [1.165, 1.54) is 12.1 Å². The number of aromatic carboxylic acids is 1. The highest BCUT2D eigenvalue weighted by molar-refractivity contribution is 5.90. The van der Waals surface area contributed by atoms with Gasteiger partial charge in [0.1, 0.15) is 11.6 Å². The van der Waals surface area contributed by atoms with Gasteiger partial charge in [0.15, 0.2) is 0 Å². The maximum absolute atomic E-state index is 14.5. The van der Waals surface area contributed by atoms with Gasteiger partial charge in [-0.25, -0.2) is 14.2 Å². The first-order valence-corrected chi connectivity index (χ1v) is 8.13. The lowest BCUT2D eigenvalue weighted by molar-refractivity contribution is 0.0697. The van der Waals surface area contributed by atoms with Crippen LogP contribution in [0.25, 0.3) is 22.5 Å². The SMILES string of the molecule is CN(C)CCc1nc(-c2ccncc2)c(-c2cc(C(=O)O)ccc2F)[nH]1. The van der Waals surface area contributed by atoms with Crippen LogP contribution in [0.5, 0.6) is 0 Å². The van der Waals surface area contributed by atoms with E-state index in [1.807, 2.05) is 19.0 Å². The van der Waals surface area contributed by atoms with Crippen molar-refractivity contribution < 1.29 is 14.3 Å². The summed E-state index contributed by atoms with van der Waals surface area (Å²) >= 11 is 0. The van der Waals surface area contributed by atoms with Crippen LogP contribution in [0.4, 0.5) is 4.39 Å². The molecule has 3 rings (SSSR count). The molecule has 0 atom stereocenters. The lowest BCUT2D eigenvalue weighted by atomic mass is 10.0. The molecule has 0 fully saturated rings. The molecule has 0 saturated carbocycles. The molecular formula is C19H19FN4O2. The number of carboxylic acids is 1. The first kappa shape index (κ1) is 17.8. The fraction of sp³-hybridized carbons (Fsp3) is 0.211. The topological polar surface area (TPSA) is 82.1 Å². The molecule has 26 heavy (non-hydrogen) atoms. The summed E-state index contributed by atoms with van der Waals surface area (Å²) in [5, 5.41) is 9.22. The lowest BCUT2D eigenvalue weighted by Crippen LogP contribution is -2.15. The molecule has 1 aromatic carbocycles. The Morgan fingerprint density at radius 2 is 1.96 bits per heavy atom. The number of H-pyrrole nitrogens is 1. The molecule has 0 amide bonds. The summed E-state index contributed by atoms with van der Waals surface area (Å²) in [4.78, 5) is 25.1. The smallest absolute Gasteiger partial charge is 0.335 e. The van der Waals surface area contributed by atoms with Crippen molar-refractivity contribution in [1.82, 2.24) is 19.9 Å². The van der Waals surface area contributed by atoms with Crippen LogP contribution < -0.4 is 0 Å². The van der Waals surface area contributed by atoms with E-state index in [0.717, 1.165) is 18.2 Å². The Morgan fingerprint density at radius 3 is 2.62 bits per heavy atom. The van der Waals surface area contributed by atoms with E-state index in [2.05, 4.69) is 15.0 Å². The van der Waals surface area contributed by atoms with Gasteiger partial charge < -0.3 is 15.0 Å². The van der Waals surface area contributed by atoms with Crippen LogP contribution in [0.1, 0.15) is 16.2 Å². The minimum Gasteiger partial charge on any atom is -0.478 e. The van der Waals surface area contributed by atoms with Gasteiger partial charge in [0.2, 0.25) is 0 Å². The molecule has 0 unspecified atom stereocenters. The number of halogens is 1. The number of carbonyl (C=O) groups is 1. The predicted molar refractivity (Wildman–Crippen MR) is 96.4 cm³/mol. The Bertz CT molecular complexity index is 923. The standard InChI is InChI=1S/C19H19FN4O2/c1-24(2)10-7-16-22-17(12-5-8-21-9-6-12)18(23-16)14-11-13(19(25)26)3-4-15(14)20/h3-6,8-9,11H,7,10H2,1-2H3,(H,22,23)(H,25,26). The average molecular weight is 354 g/mol. The summed E-state index contributed by atoms with van der Waals surface area (Å²) in [6.07, 6.45) is 3.93. The number of pyridine rings is 1. The van der Waals surface area contributed by atoms with Gasteiger partial charge in [0.05, 0.1) is 17.0 Å². The number of aromatic amines is 1. The number of benzene rings is 1. The zero-order chi connectivity index (χ0) is 18.7.